The van der Waals surface area contributed by atoms with Gasteiger partial charge in [0.05, 0.1) is 17.1 Å². The third kappa shape index (κ3) is 4.14. The predicted molar refractivity (Wildman–Crippen MR) is 130 cm³/mol. The smallest absolute Gasteiger partial charge is 0.282 e. The second-order valence-electron chi connectivity index (χ2n) is 7.40. The summed E-state index contributed by atoms with van der Waals surface area (Å²) in [6, 6.07) is 21.1. The molecule has 34 heavy (non-hydrogen) atoms. The van der Waals surface area contributed by atoms with E-state index in [2.05, 4.69) is 10.1 Å². The lowest BCUT2D eigenvalue weighted by Gasteiger charge is -2.09. The van der Waals surface area contributed by atoms with Gasteiger partial charge in [-0.25, -0.2) is 4.98 Å². The molecule has 0 atom stereocenters. The minimum atomic E-state index is -0.625. The molecule has 0 aliphatic carbocycles. The van der Waals surface area contributed by atoms with Crippen LogP contribution >= 0.6 is 11.6 Å². The van der Waals surface area contributed by atoms with Crippen molar-refractivity contribution in [3.05, 3.63) is 93.7 Å². The highest BCUT2D eigenvalue weighted by atomic mass is 35.5. The van der Waals surface area contributed by atoms with E-state index in [9.17, 15) is 9.59 Å². The van der Waals surface area contributed by atoms with Gasteiger partial charge in [-0.1, -0.05) is 41.9 Å². The number of rotatable bonds is 6. The van der Waals surface area contributed by atoms with Gasteiger partial charge >= 0.3 is 0 Å². The van der Waals surface area contributed by atoms with Crippen LogP contribution in [0.4, 0.5) is 0 Å². The monoisotopic (exact) mass is 472 g/mol. The normalized spacial score (nSPS) is 11.4. The molecule has 168 valence electrons. The first-order chi connectivity index (χ1) is 16.5. The number of hydrogen-bond acceptors (Lipinski definition) is 6. The molecule has 2 heterocycles. The van der Waals surface area contributed by atoms with Crippen molar-refractivity contribution in [2.24, 2.45) is 10.8 Å². The Morgan fingerprint density at radius 2 is 1.91 bits per heavy atom. The Morgan fingerprint density at radius 3 is 2.74 bits per heavy atom. The number of benzene rings is 3. The number of carbonyl (C=O) groups excluding carboxylic acids is 1. The van der Waals surface area contributed by atoms with Crippen LogP contribution in [-0.2, 0) is 4.79 Å². The van der Waals surface area contributed by atoms with E-state index in [0.717, 1.165) is 5.39 Å². The van der Waals surface area contributed by atoms with Gasteiger partial charge in [0.25, 0.3) is 11.5 Å². The third-order valence-electron chi connectivity index (χ3n) is 5.05. The lowest BCUT2D eigenvalue weighted by molar-refractivity contribution is -0.119. The summed E-state index contributed by atoms with van der Waals surface area (Å²) in [6.07, 6.45) is 1.41. The van der Waals surface area contributed by atoms with E-state index in [-0.39, 0.29) is 18.0 Å². The van der Waals surface area contributed by atoms with Crippen molar-refractivity contribution in [2.45, 2.75) is 0 Å². The Hall–Kier alpha value is -4.43. The van der Waals surface area contributed by atoms with Crippen molar-refractivity contribution < 1.29 is 13.9 Å². The van der Waals surface area contributed by atoms with E-state index < -0.39 is 5.91 Å². The van der Waals surface area contributed by atoms with Crippen molar-refractivity contribution in [2.75, 3.05) is 6.61 Å². The molecular weight excluding hydrogens is 456 g/mol. The summed E-state index contributed by atoms with van der Waals surface area (Å²) in [6.45, 7) is -0.315. The Bertz CT molecular complexity index is 1600. The van der Waals surface area contributed by atoms with Crippen LogP contribution in [0.15, 0.2) is 87.1 Å². The number of carbonyl (C=O) groups is 1. The molecule has 0 saturated heterocycles. The van der Waals surface area contributed by atoms with Crippen molar-refractivity contribution in [1.29, 1.82) is 0 Å². The van der Waals surface area contributed by atoms with Gasteiger partial charge in [0.2, 0.25) is 5.82 Å². The van der Waals surface area contributed by atoms with Crippen LogP contribution in [0.25, 0.3) is 33.5 Å². The third-order valence-corrected chi connectivity index (χ3v) is 5.29. The van der Waals surface area contributed by atoms with E-state index in [4.69, 9.17) is 26.5 Å². The van der Waals surface area contributed by atoms with Gasteiger partial charge < -0.3 is 14.9 Å². The number of nitrogens with zero attached hydrogens (tertiary/aromatic N) is 3. The summed E-state index contributed by atoms with van der Waals surface area (Å²) in [5, 5.41) is 6.10. The standard InChI is InChI=1S/C25H17ClN4O4/c26-17-9-10-20(33-14-23(27)31)16(11-17)13-28-30-24(22-12-15-5-1-4-8-21(15)34-22)29-19-7-3-2-6-18(19)25(30)32/h1-13H,14H2,(H2,27,31). The summed E-state index contributed by atoms with van der Waals surface area (Å²) in [5.74, 6) is 0.328. The van der Waals surface area contributed by atoms with Crippen LogP contribution in [0.1, 0.15) is 5.56 Å². The molecule has 0 spiro atoms. The van der Waals surface area contributed by atoms with Crippen molar-refractivity contribution in [3.8, 4) is 17.3 Å². The van der Waals surface area contributed by atoms with Gasteiger partial charge in [-0.15, -0.1) is 0 Å². The molecule has 0 fully saturated rings. The highest BCUT2D eigenvalue weighted by molar-refractivity contribution is 6.30. The van der Waals surface area contributed by atoms with Gasteiger partial charge in [0, 0.05) is 16.0 Å². The molecule has 0 aliphatic rings. The zero-order valence-corrected chi connectivity index (χ0v) is 18.4. The summed E-state index contributed by atoms with van der Waals surface area (Å²) in [5.41, 5.74) is 6.43. The van der Waals surface area contributed by atoms with Crippen LogP contribution in [0.3, 0.4) is 0 Å². The fourth-order valence-corrected chi connectivity index (χ4v) is 3.68. The molecule has 1 amide bonds. The number of aromatic nitrogens is 2. The Labute approximate surface area is 197 Å². The summed E-state index contributed by atoms with van der Waals surface area (Å²) < 4.78 is 12.6. The molecule has 0 bridgehead atoms. The largest absolute Gasteiger partial charge is 0.483 e. The molecule has 0 aliphatic heterocycles. The van der Waals surface area contributed by atoms with Crippen LogP contribution in [0.5, 0.6) is 5.75 Å². The first-order valence-electron chi connectivity index (χ1n) is 10.3. The molecule has 3 aromatic carbocycles. The molecule has 5 rings (SSSR count). The van der Waals surface area contributed by atoms with Crippen LogP contribution in [-0.4, -0.2) is 28.4 Å². The van der Waals surface area contributed by atoms with Crippen molar-refractivity contribution in [1.82, 2.24) is 9.66 Å². The highest BCUT2D eigenvalue weighted by Crippen LogP contribution is 2.27. The number of para-hydroxylation sites is 2. The van der Waals surface area contributed by atoms with Gasteiger partial charge in [0.1, 0.15) is 11.3 Å². The van der Waals surface area contributed by atoms with Crippen molar-refractivity contribution in [3.63, 3.8) is 0 Å². The van der Waals surface area contributed by atoms with E-state index >= 15 is 0 Å². The van der Waals surface area contributed by atoms with Crippen LogP contribution in [0, 0.1) is 0 Å². The molecule has 2 aromatic heterocycles. The number of amides is 1. The quantitative estimate of drug-likeness (QED) is 0.372. The lowest BCUT2D eigenvalue weighted by atomic mass is 10.2. The summed E-state index contributed by atoms with van der Waals surface area (Å²) in [4.78, 5) is 29.2. The number of hydrogen-bond donors (Lipinski definition) is 1. The average Bonchev–Trinajstić information content (AvgIpc) is 3.27. The molecular formula is C25H17ClN4O4. The zero-order valence-electron chi connectivity index (χ0n) is 17.6. The maximum Gasteiger partial charge on any atom is 0.282 e. The molecule has 2 N–H and O–H groups in total. The molecule has 0 unspecified atom stereocenters. The van der Waals surface area contributed by atoms with E-state index in [0.29, 0.717) is 38.6 Å². The minimum absolute atomic E-state index is 0.234. The zero-order chi connectivity index (χ0) is 23.7. The fourth-order valence-electron chi connectivity index (χ4n) is 3.50. The van der Waals surface area contributed by atoms with Crippen molar-refractivity contribution >= 4 is 45.6 Å². The average molecular weight is 473 g/mol. The predicted octanol–water partition coefficient (Wildman–Crippen LogP) is 4.21. The van der Waals surface area contributed by atoms with Gasteiger partial charge in [-0.2, -0.15) is 9.78 Å². The maximum atomic E-state index is 13.4. The second kappa shape index (κ2) is 8.84. The number of ether oxygens (including phenoxy) is 1. The van der Waals surface area contributed by atoms with Gasteiger partial charge in [-0.05, 0) is 42.5 Å². The Morgan fingerprint density at radius 1 is 1.12 bits per heavy atom. The van der Waals surface area contributed by atoms with E-state index in [1.54, 1.807) is 48.5 Å². The minimum Gasteiger partial charge on any atom is -0.483 e. The number of furan rings is 1. The topological polar surface area (TPSA) is 113 Å². The molecule has 5 aromatic rings. The van der Waals surface area contributed by atoms with Gasteiger partial charge in [-0.3, -0.25) is 9.59 Å². The Kier molecular flexibility index (Phi) is 5.57. The fraction of sp³-hybridized carbons (Fsp3) is 0.0400. The second-order valence-corrected chi connectivity index (χ2v) is 7.84. The van der Waals surface area contributed by atoms with Crippen LogP contribution < -0.4 is 16.0 Å². The summed E-state index contributed by atoms with van der Waals surface area (Å²) >= 11 is 6.14. The number of halogens is 1. The first kappa shape index (κ1) is 21.4. The van der Waals surface area contributed by atoms with E-state index in [1.807, 2.05) is 24.3 Å². The number of fused-ring (bicyclic) bond motifs is 2. The molecule has 0 radical (unpaired) electrons. The van der Waals surface area contributed by atoms with Crippen LogP contribution in [0.2, 0.25) is 5.02 Å². The molecule has 8 nitrogen and oxygen atoms in total. The highest BCUT2D eigenvalue weighted by Gasteiger charge is 2.16. The maximum absolute atomic E-state index is 13.4. The van der Waals surface area contributed by atoms with E-state index in [1.165, 1.54) is 10.9 Å². The summed E-state index contributed by atoms with van der Waals surface area (Å²) in [7, 11) is 0. The number of primary amides is 1. The Balaban J connectivity index is 1.68. The molecule has 0 saturated carbocycles. The first-order valence-corrected chi connectivity index (χ1v) is 10.6. The van der Waals surface area contributed by atoms with Gasteiger partial charge in [0.15, 0.2) is 12.4 Å². The number of nitrogens with two attached hydrogens (primary N) is 1. The molecule has 9 heteroatoms. The SMILES string of the molecule is NC(=O)COc1ccc(Cl)cc1C=Nn1c(-c2cc3ccccc3o2)nc2ccccc2c1=O. The lowest BCUT2D eigenvalue weighted by Crippen LogP contribution is -2.21.